The summed E-state index contributed by atoms with van der Waals surface area (Å²) in [5.41, 5.74) is 7.46. The molecule has 0 spiro atoms. The van der Waals surface area contributed by atoms with Crippen LogP contribution in [-0.2, 0) is 20.8 Å². The van der Waals surface area contributed by atoms with Gasteiger partial charge in [-0.1, -0.05) is 67.0 Å². The molecule has 3 rings (SSSR count). The number of nitrogens with zero attached hydrogens (tertiary/aromatic N) is 3. The number of aliphatic hydroxyl groups excluding tert-OH is 1. The van der Waals surface area contributed by atoms with Crippen LogP contribution in [0.2, 0.25) is 0 Å². The molecule has 10 nitrogen and oxygen atoms in total. The molecule has 1 aromatic heterocycles. The van der Waals surface area contributed by atoms with Gasteiger partial charge >= 0.3 is 0 Å². The van der Waals surface area contributed by atoms with Crippen LogP contribution in [0.5, 0.6) is 0 Å². The van der Waals surface area contributed by atoms with E-state index >= 15 is 0 Å². The number of hydrogen-bond donors (Lipinski definition) is 4. The number of aliphatic hydroxyl groups is 1. The number of amides is 3. The average Bonchev–Trinajstić information content (AvgIpc) is 3.39. The number of rotatable bonds is 14. The number of hydrogen-bond acceptors (Lipinski definition) is 6. The second-order valence-electron chi connectivity index (χ2n) is 11.4. The van der Waals surface area contributed by atoms with Crippen molar-refractivity contribution in [3.8, 4) is 5.69 Å². The maximum atomic E-state index is 14.9. The van der Waals surface area contributed by atoms with Crippen LogP contribution in [0.4, 0.5) is 8.78 Å². The zero-order chi connectivity index (χ0) is 32.4. The molecule has 5 N–H and O–H groups in total. The molecule has 0 saturated carbocycles. The Bertz CT molecular complexity index is 1430. The minimum atomic E-state index is -0.987. The van der Waals surface area contributed by atoms with Crippen molar-refractivity contribution >= 4 is 33.7 Å². The summed E-state index contributed by atoms with van der Waals surface area (Å²) in [6, 6.07) is 10.9. The van der Waals surface area contributed by atoms with E-state index in [4.69, 9.17) is 10.8 Å². The van der Waals surface area contributed by atoms with E-state index in [1.807, 2.05) is 51.1 Å². The predicted octanol–water partition coefficient (Wildman–Crippen LogP) is 2.99. The Kier molecular flexibility index (Phi) is 12.6. The van der Waals surface area contributed by atoms with Gasteiger partial charge in [-0.15, -0.1) is 0 Å². The summed E-state index contributed by atoms with van der Waals surface area (Å²) in [5, 5.41) is 20.1. The SMILES string of the molecule is CC(C)(C)C(c1nn(-c2cc(F)ccc2F)cc1Cc1ccccc1)N(CCC(N)C(=O)NCCNC(=O)CBr)C(=O)CO. The molecule has 2 atom stereocenters. The van der Waals surface area contributed by atoms with Gasteiger partial charge in [0.1, 0.15) is 23.9 Å². The van der Waals surface area contributed by atoms with Gasteiger partial charge in [-0.3, -0.25) is 14.4 Å². The molecule has 0 radical (unpaired) electrons. The van der Waals surface area contributed by atoms with Gasteiger partial charge in [0, 0.05) is 43.9 Å². The molecule has 0 fully saturated rings. The lowest BCUT2D eigenvalue weighted by atomic mass is 9.81. The molecule has 3 aromatic rings. The van der Waals surface area contributed by atoms with Crippen molar-refractivity contribution in [3.63, 3.8) is 0 Å². The van der Waals surface area contributed by atoms with Crippen LogP contribution in [0, 0.1) is 17.0 Å². The van der Waals surface area contributed by atoms with Crippen molar-refractivity contribution < 1.29 is 28.3 Å². The standard InChI is InChI=1S/C31H39BrF2N6O4/c1-31(2,3)29(39(27(43)19-41)14-11-24(35)30(44)37-13-12-36-26(42)17-32)28-21(15-20-7-5-4-6-8-20)18-40(38-28)25-16-22(33)9-10-23(25)34/h4-10,16,18,24,29,41H,11-15,17,19,35H2,1-3H3,(H,36,42)(H,37,44). The fourth-order valence-electron chi connectivity index (χ4n) is 4.88. The van der Waals surface area contributed by atoms with Crippen LogP contribution in [0.25, 0.3) is 5.69 Å². The van der Waals surface area contributed by atoms with Crippen molar-refractivity contribution in [2.75, 3.05) is 31.6 Å². The van der Waals surface area contributed by atoms with Crippen molar-refractivity contribution in [2.24, 2.45) is 11.1 Å². The Balaban J connectivity index is 1.97. The van der Waals surface area contributed by atoms with Crippen LogP contribution in [-0.4, -0.2) is 75.1 Å². The van der Waals surface area contributed by atoms with E-state index in [-0.39, 0.29) is 43.0 Å². The minimum absolute atomic E-state index is 0.00219. The van der Waals surface area contributed by atoms with Gasteiger partial charge in [-0.05, 0) is 29.5 Å². The number of carbonyl (C=O) groups is 3. The Labute approximate surface area is 264 Å². The van der Waals surface area contributed by atoms with E-state index in [1.54, 1.807) is 6.20 Å². The molecule has 0 aliphatic rings. The minimum Gasteiger partial charge on any atom is -0.387 e. The number of nitrogens with one attached hydrogen (secondary N) is 2. The molecular weight excluding hydrogens is 638 g/mol. The Morgan fingerprint density at radius 3 is 2.41 bits per heavy atom. The molecule has 1 heterocycles. The molecule has 13 heteroatoms. The van der Waals surface area contributed by atoms with Crippen molar-refractivity contribution in [3.05, 3.63) is 83.2 Å². The summed E-state index contributed by atoms with van der Waals surface area (Å²) < 4.78 is 30.3. The fraction of sp³-hybridized carbons (Fsp3) is 0.419. The van der Waals surface area contributed by atoms with Gasteiger partial charge in [0.15, 0.2) is 0 Å². The maximum Gasteiger partial charge on any atom is 0.248 e. The number of nitrogens with two attached hydrogens (primary N) is 1. The summed E-state index contributed by atoms with van der Waals surface area (Å²) in [5.74, 6) is -2.59. The van der Waals surface area contributed by atoms with Gasteiger partial charge in [0.2, 0.25) is 17.7 Å². The lowest BCUT2D eigenvalue weighted by molar-refractivity contribution is -0.140. The topological polar surface area (TPSA) is 143 Å². The highest BCUT2D eigenvalue weighted by Gasteiger charge is 2.38. The zero-order valence-electron chi connectivity index (χ0n) is 25.0. The van der Waals surface area contributed by atoms with Crippen molar-refractivity contribution in [1.29, 1.82) is 0 Å². The number of alkyl halides is 1. The quantitative estimate of drug-likeness (QED) is 0.153. The van der Waals surface area contributed by atoms with Crippen LogP contribution in [0.1, 0.15) is 50.1 Å². The normalized spacial score (nSPS) is 12.8. The summed E-state index contributed by atoms with van der Waals surface area (Å²) in [7, 11) is 0. The van der Waals surface area contributed by atoms with E-state index in [0.29, 0.717) is 17.7 Å². The molecule has 2 unspecified atom stereocenters. The summed E-state index contributed by atoms with van der Waals surface area (Å²) >= 11 is 3.05. The van der Waals surface area contributed by atoms with Gasteiger partial charge in [-0.25, -0.2) is 13.5 Å². The fourth-order valence-corrected chi connectivity index (χ4v) is 5.08. The molecule has 0 aliphatic carbocycles. The van der Waals surface area contributed by atoms with Gasteiger partial charge in [-0.2, -0.15) is 5.10 Å². The first-order valence-corrected chi connectivity index (χ1v) is 15.3. The largest absolute Gasteiger partial charge is 0.387 e. The maximum absolute atomic E-state index is 14.9. The summed E-state index contributed by atoms with van der Waals surface area (Å²) in [6.45, 7) is 5.30. The third-order valence-electron chi connectivity index (χ3n) is 6.95. The number of benzene rings is 2. The van der Waals surface area contributed by atoms with Crippen LogP contribution in [0.3, 0.4) is 0 Å². The Morgan fingerprint density at radius 2 is 1.77 bits per heavy atom. The Hall–Kier alpha value is -3.68. The molecule has 44 heavy (non-hydrogen) atoms. The third kappa shape index (κ3) is 9.41. The predicted molar refractivity (Wildman–Crippen MR) is 166 cm³/mol. The van der Waals surface area contributed by atoms with E-state index in [9.17, 15) is 28.3 Å². The van der Waals surface area contributed by atoms with Crippen molar-refractivity contribution in [2.45, 2.75) is 45.7 Å². The zero-order valence-corrected chi connectivity index (χ0v) is 26.6. The van der Waals surface area contributed by atoms with Gasteiger partial charge in [0.05, 0.1) is 23.1 Å². The second-order valence-corrected chi connectivity index (χ2v) is 12.0. The number of halogens is 3. The monoisotopic (exact) mass is 676 g/mol. The number of carbonyl (C=O) groups excluding carboxylic acids is 3. The van der Waals surface area contributed by atoms with Gasteiger partial charge in [0.25, 0.3) is 0 Å². The molecule has 0 aliphatic heterocycles. The molecular formula is C31H39BrF2N6O4. The van der Waals surface area contributed by atoms with Crippen molar-refractivity contribution in [1.82, 2.24) is 25.3 Å². The summed E-state index contributed by atoms with van der Waals surface area (Å²) in [6.07, 6.45) is 2.06. The molecule has 3 amide bonds. The van der Waals surface area contributed by atoms with E-state index in [0.717, 1.165) is 23.8 Å². The molecule has 0 bridgehead atoms. The second kappa shape index (κ2) is 15.9. The van der Waals surface area contributed by atoms with Crippen LogP contribution in [0.15, 0.2) is 54.7 Å². The first kappa shape index (κ1) is 34.8. The van der Waals surface area contributed by atoms with E-state index in [1.165, 1.54) is 9.58 Å². The lowest BCUT2D eigenvalue weighted by Gasteiger charge is -2.40. The van der Waals surface area contributed by atoms with Gasteiger partial charge < -0.3 is 26.4 Å². The highest BCUT2D eigenvalue weighted by atomic mass is 79.9. The lowest BCUT2D eigenvalue weighted by Crippen LogP contribution is -2.48. The van der Waals surface area contributed by atoms with Crippen LogP contribution < -0.4 is 16.4 Å². The Morgan fingerprint density at radius 1 is 1.09 bits per heavy atom. The molecule has 238 valence electrons. The van der Waals surface area contributed by atoms with Crippen LogP contribution >= 0.6 is 15.9 Å². The smallest absolute Gasteiger partial charge is 0.248 e. The highest BCUT2D eigenvalue weighted by Crippen LogP contribution is 2.40. The average molecular weight is 678 g/mol. The van der Waals surface area contributed by atoms with E-state index in [2.05, 4.69) is 26.6 Å². The number of aromatic nitrogens is 2. The first-order valence-electron chi connectivity index (χ1n) is 14.2. The highest BCUT2D eigenvalue weighted by molar-refractivity contribution is 9.09. The van der Waals surface area contributed by atoms with E-state index < -0.39 is 47.6 Å². The molecule has 0 saturated heterocycles. The first-order chi connectivity index (χ1) is 20.8. The molecule has 2 aromatic carbocycles. The third-order valence-corrected chi connectivity index (χ3v) is 7.46. The summed E-state index contributed by atoms with van der Waals surface area (Å²) in [4.78, 5) is 38.7.